The van der Waals surface area contributed by atoms with Gasteiger partial charge in [-0.25, -0.2) is 8.78 Å². The molecule has 0 aliphatic carbocycles. The number of nitrogens with zero attached hydrogens (tertiary/aromatic N) is 1. The van der Waals surface area contributed by atoms with Crippen molar-refractivity contribution < 1.29 is 33.0 Å². The van der Waals surface area contributed by atoms with Gasteiger partial charge in [0.15, 0.2) is 11.5 Å². The number of hydrogen-bond acceptors (Lipinski definition) is 6. The van der Waals surface area contributed by atoms with Gasteiger partial charge in [0.25, 0.3) is 18.2 Å². The average molecular weight is 342 g/mol. The first kappa shape index (κ1) is 17.7. The lowest BCUT2D eigenvalue weighted by Gasteiger charge is -2.15. The number of aliphatic hydroxyl groups excluding tert-OH is 1. The molecule has 1 aromatic rings. The molecule has 0 atom stereocenters. The Morgan fingerprint density at radius 1 is 1.29 bits per heavy atom. The predicted octanol–water partition coefficient (Wildman–Crippen LogP) is 0.996. The Balaban J connectivity index is 2.12. The van der Waals surface area contributed by atoms with Gasteiger partial charge in [-0.15, -0.1) is 0 Å². The number of aliphatic hydroxyl groups is 1. The Bertz CT molecular complexity index is 663. The number of nitrogens with one attached hydrogen (secondary N) is 1. The van der Waals surface area contributed by atoms with Crippen LogP contribution in [0.5, 0.6) is 11.5 Å². The summed E-state index contributed by atoms with van der Waals surface area (Å²) in [6, 6.07) is 4.36. The van der Waals surface area contributed by atoms with Crippen LogP contribution in [0.15, 0.2) is 30.0 Å². The molecule has 24 heavy (non-hydrogen) atoms. The average Bonchev–Trinajstić information content (AvgIpc) is 2.81. The fraction of sp³-hybridized carbons (Fsp3) is 0.333. The number of anilines is 1. The molecule has 0 unspecified atom stereocenters. The first-order valence-electron chi connectivity index (χ1n) is 7.00. The fourth-order valence-electron chi connectivity index (χ4n) is 2.08. The molecule has 0 bridgehead atoms. The maximum absolute atomic E-state index is 12.2. The highest BCUT2D eigenvalue weighted by Crippen LogP contribution is 2.31. The molecular weight excluding hydrogens is 326 g/mol. The molecule has 1 heterocycles. The van der Waals surface area contributed by atoms with E-state index in [1.807, 2.05) is 0 Å². The highest BCUT2D eigenvalue weighted by Gasteiger charge is 2.30. The molecule has 1 aliphatic heterocycles. The number of imide groups is 1. The lowest BCUT2D eigenvalue weighted by atomic mass is 10.2. The highest BCUT2D eigenvalue weighted by atomic mass is 19.3. The Morgan fingerprint density at radius 2 is 2.04 bits per heavy atom. The van der Waals surface area contributed by atoms with Gasteiger partial charge >= 0.3 is 0 Å². The molecule has 2 amide bonds. The van der Waals surface area contributed by atoms with Gasteiger partial charge in [-0.3, -0.25) is 14.5 Å². The molecule has 0 saturated carbocycles. The number of hydrogen-bond donors (Lipinski definition) is 2. The molecule has 1 aliphatic rings. The van der Waals surface area contributed by atoms with Gasteiger partial charge in [0.2, 0.25) is 0 Å². The van der Waals surface area contributed by atoms with Gasteiger partial charge in [0, 0.05) is 17.8 Å². The summed E-state index contributed by atoms with van der Waals surface area (Å²) in [6.07, 6.45) is -1.50. The number of ether oxygens (including phenoxy) is 2. The van der Waals surface area contributed by atoms with Crippen LogP contribution in [0.1, 0.15) is 0 Å². The summed E-state index contributed by atoms with van der Waals surface area (Å²) in [5.74, 6) is -0.759. The summed E-state index contributed by atoms with van der Waals surface area (Å²) < 4.78 is 34.4. The molecule has 0 radical (unpaired) electrons. The maximum atomic E-state index is 12.2. The normalized spacial score (nSPS) is 14.2. The number of benzene rings is 1. The number of rotatable bonds is 8. The third kappa shape index (κ3) is 3.99. The van der Waals surface area contributed by atoms with Gasteiger partial charge in [0.1, 0.15) is 12.3 Å². The van der Waals surface area contributed by atoms with Crippen LogP contribution < -0.4 is 14.8 Å². The minimum atomic E-state index is -2.61. The number of alkyl halides is 2. The van der Waals surface area contributed by atoms with Crippen LogP contribution in [-0.2, 0) is 9.59 Å². The van der Waals surface area contributed by atoms with Crippen molar-refractivity contribution in [2.45, 2.75) is 6.43 Å². The quantitative estimate of drug-likeness (QED) is 0.685. The van der Waals surface area contributed by atoms with Crippen LogP contribution in [0.25, 0.3) is 0 Å². The van der Waals surface area contributed by atoms with Gasteiger partial charge in [0.05, 0.1) is 20.3 Å². The van der Waals surface area contributed by atoms with Gasteiger partial charge in [-0.2, -0.15) is 0 Å². The SMILES string of the molecule is COc1cc(NC2=CC(=O)N(CCO)C2=O)ccc1OCC(F)F. The molecule has 7 nitrogen and oxygen atoms in total. The van der Waals surface area contributed by atoms with Gasteiger partial charge in [-0.05, 0) is 12.1 Å². The number of carbonyl (C=O) groups excluding carboxylic acids is 2. The van der Waals surface area contributed by atoms with Crippen molar-refractivity contribution >= 4 is 17.5 Å². The molecule has 2 N–H and O–H groups in total. The van der Waals surface area contributed by atoms with Crippen LogP contribution in [0.3, 0.4) is 0 Å². The van der Waals surface area contributed by atoms with Crippen molar-refractivity contribution in [2.75, 3.05) is 32.2 Å². The van der Waals surface area contributed by atoms with E-state index in [0.29, 0.717) is 5.69 Å². The lowest BCUT2D eigenvalue weighted by molar-refractivity contribution is -0.137. The predicted molar refractivity (Wildman–Crippen MR) is 80.0 cm³/mol. The highest BCUT2D eigenvalue weighted by molar-refractivity contribution is 6.17. The molecule has 0 saturated heterocycles. The van der Waals surface area contributed by atoms with Crippen LogP contribution in [0, 0.1) is 0 Å². The van der Waals surface area contributed by atoms with Crippen molar-refractivity contribution in [1.82, 2.24) is 4.90 Å². The monoisotopic (exact) mass is 342 g/mol. The topological polar surface area (TPSA) is 88.1 Å². The van der Waals surface area contributed by atoms with E-state index in [2.05, 4.69) is 5.32 Å². The number of β-amino-alcohol motifs (C(OH)–C–C–N with tert-alkyl or cyclic N) is 1. The zero-order valence-electron chi connectivity index (χ0n) is 12.8. The molecule has 0 spiro atoms. The summed E-state index contributed by atoms with van der Waals surface area (Å²) in [6.45, 7) is -1.19. The maximum Gasteiger partial charge on any atom is 0.277 e. The second kappa shape index (κ2) is 7.73. The Labute approximate surface area is 136 Å². The van der Waals surface area contributed by atoms with Crippen molar-refractivity contribution in [2.24, 2.45) is 0 Å². The fourth-order valence-corrected chi connectivity index (χ4v) is 2.08. The molecular formula is C15H16F2N2O5. The minimum Gasteiger partial charge on any atom is -0.493 e. The van der Waals surface area contributed by atoms with Crippen LogP contribution >= 0.6 is 0 Å². The first-order chi connectivity index (χ1) is 11.5. The molecule has 2 rings (SSSR count). The number of carbonyl (C=O) groups is 2. The van der Waals surface area contributed by atoms with E-state index in [0.717, 1.165) is 11.0 Å². The third-order valence-corrected chi connectivity index (χ3v) is 3.14. The number of amides is 2. The Hall–Kier alpha value is -2.68. The molecule has 0 fully saturated rings. The number of methoxy groups -OCH3 is 1. The van der Waals surface area contributed by atoms with Crippen molar-refractivity contribution in [1.29, 1.82) is 0 Å². The van der Waals surface area contributed by atoms with Crippen molar-refractivity contribution in [3.8, 4) is 11.5 Å². The smallest absolute Gasteiger partial charge is 0.277 e. The third-order valence-electron chi connectivity index (χ3n) is 3.14. The lowest BCUT2D eigenvalue weighted by Crippen LogP contribution is -2.34. The van der Waals surface area contributed by atoms with Gasteiger partial charge in [-0.1, -0.05) is 0 Å². The Kier molecular flexibility index (Phi) is 5.69. The van der Waals surface area contributed by atoms with E-state index in [4.69, 9.17) is 14.6 Å². The van der Waals surface area contributed by atoms with E-state index in [1.165, 1.54) is 25.3 Å². The van der Waals surface area contributed by atoms with E-state index in [9.17, 15) is 18.4 Å². The Morgan fingerprint density at radius 3 is 2.67 bits per heavy atom. The second-order valence-corrected chi connectivity index (χ2v) is 4.77. The molecule has 130 valence electrons. The standard InChI is InChI=1S/C15H16F2N2O5/c1-23-12-6-9(2-3-11(12)24-8-13(16)17)18-10-7-14(21)19(4-5-20)15(10)22/h2-3,6-7,13,18,20H,4-5,8H2,1H3. The zero-order valence-corrected chi connectivity index (χ0v) is 12.8. The summed E-state index contributed by atoms with van der Waals surface area (Å²) in [4.78, 5) is 24.6. The molecule has 1 aromatic carbocycles. The van der Waals surface area contributed by atoms with Crippen molar-refractivity contribution in [3.63, 3.8) is 0 Å². The minimum absolute atomic E-state index is 0.0387. The molecule has 0 aromatic heterocycles. The van der Waals surface area contributed by atoms with E-state index < -0.39 is 24.8 Å². The second-order valence-electron chi connectivity index (χ2n) is 4.77. The summed E-state index contributed by atoms with van der Waals surface area (Å²) >= 11 is 0. The van der Waals surface area contributed by atoms with E-state index in [-0.39, 0.29) is 30.3 Å². The van der Waals surface area contributed by atoms with E-state index >= 15 is 0 Å². The summed E-state index contributed by atoms with van der Waals surface area (Å²) in [5.41, 5.74) is 0.450. The van der Waals surface area contributed by atoms with Crippen LogP contribution in [0.2, 0.25) is 0 Å². The van der Waals surface area contributed by atoms with E-state index in [1.54, 1.807) is 0 Å². The molecule has 9 heteroatoms. The summed E-state index contributed by atoms with van der Waals surface area (Å²) in [7, 11) is 1.35. The summed E-state index contributed by atoms with van der Waals surface area (Å²) in [5, 5.41) is 11.6. The van der Waals surface area contributed by atoms with Crippen LogP contribution in [-0.4, -0.2) is 55.1 Å². The van der Waals surface area contributed by atoms with Crippen molar-refractivity contribution in [3.05, 3.63) is 30.0 Å². The van der Waals surface area contributed by atoms with Gasteiger partial charge < -0.3 is 19.9 Å². The largest absolute Gasteiger partial charge is 0.493 e. The first-order valence-corrected chi connectivity index (χ1v) is 7.00. The zero-order chi connectivity index (χ0) is 17.7. The number of halogens is 2. The van der Waals surface area contributed by atoms with Crippen LogP contribution in [0.4, 0.5) is 14.5 Å².